The first-order chi connectivity index (χ1) is 15.8. The van der Waals surface area contributed by atoms with Crippen LogP contribution in [0.25, 0.3) is 11.0 Å². The molecule has 1 aromatic heterocycles. The van der Waals surface area contributed by atoms with E-state index >= 15 is 0 Å². The second-order valence-electron chi connectivity index (χ2n) is 7.68. The van der Waals surface area contributed by atoms with Gasteiger partial charge in [0.25, 0.3) is 5.91 Å². The largest absolute Gasteiger partial charge is 0.493 e. The summed E-state index contributed by atoms with van der Waals surface area (Å²) in [6, 6.07) is 11.2. The van der Waals surface area contributed by atoms with Crippen LogP contribution in [0.5, 0.6) is 23.0 Å². The van der Waals surface area contributed by atoms with Gasteiger partial charge in [-0.25, -0.2) is 8.42 Å². The zero-order valence-corrected chi connectivity index (χ0v) is 18.9. The minimum absolute atomic E-state index is 0.0477. The highest BCUT2D eigenvalue weighted by Gasteiger charge is 2.29. The van der Waals surface area contributed by atoms with Crippen molar-refractivity contribution in [3.8, 4) is 23.0 Å². The Bertz CT molecular complexity index is 1360. The average molecular weight is 474 g/mol. The molecule has 2 heterocycles. The highest BCUT2D eigenvalue weighted by atomic mass is 32.2. The van der Waals surface area contributed by atoms with E-state index in [1.54, 1.807) is 37.3 Å². The van der Waals surface area contributed by atoms with E-state index in [0.29, 0.717) is 29.1 Å². The number of carbonyl (C=O) groups is 1. The van der Waals surface area contributed by atoms with Gasteiger partial charge in [0.2, 0.25) is 11.2 Å². The minimum Gasteiger partial charge on any atom is -0.493 e. The van der Waals surface area contributed by atoms with Gasteiger partial charge in [-0.2, -0.15) is 0 Å². The van der Waals surface area contributed by atoms with Gasteiger partial charge in [-0.1, -0.05) is 12.1 Å². The molecular weight excluding hydrogens is 450 g/mol. The lowest BCUT2D eigenvalue weighted by atomic mass is 10.2. The summed E-state index contributed by atoms with van der Waals surface area (Å²) in [5, 5.41) is 2.95. The van der Waals surface area contributed by atoms with E-state index in [-0.39, 0.29) is 40.6 Å². The van der Waals surface area contributed by atoms with Crippen molar-refractivity contribution in [2.24, 2.45) is 0 Å². The number of fused-ring (bicyclic) bond motifs is 1. The number of hydrogen-bond donors (Lipinski definition) is 1. The second-order valence-corrected chi connectivity index (χ2v) is 9.91. The highest BCUT2D eigenvalue weighted by molar-refractivity contribution is 7.91. The fourth-order valence-corrected chi connectivity index (χ4v) is 5.29. The number of para-hydroxylation sites is 2. The zero-order chi connectivity index (χ0) is 23.6. The number of sulfone groups is 1. The third-order valence-corrected chi connectivity index (χ3v) is 7.00. The molecule has 2 aromatic carbocycles. The van der Waals surface area contributed by atoms with Crippen LogP contribution in [0.15, 0.2) is 51.7 Å². The minimum atomic E-state index is -3.08. The number of benzene rings is 2. The molecule has 1 aliphatic rings. The summed E-state index contributed by atoms with van der Waals surface area (Å²) in [6.07, 6.45) is 0.397. The van der Waals surface area contributed by atoms with Crippen molar-refractivity contribution in [3.05, 3.63) is 58.4 Å². The van der Waals surface area contributed by atoms with Crippen LogP contribution in [0.1, 0.15) is 12.2 Å². The van der Waals surface area contributed by atoms with Gasteiger partial charge in [0, 0.05) is 12.1 Å². The molecule has 1 unspecified atom stereocenters. The van der Waals surface area contributed by atoms with E-state index in [4.69, 9.17) is 18.6 Å². The van der Waals surface area contributed by atoms with E-state index in [1.165, 1.54) is 19.2 Å². The van der Waals surface area contributed by atoms with Gasteiger partial charge >= 0.3 is 0 Å². The summed E-state index contributed by atoms with van der Waals surface area (Å²) >= 11 is 0. The number of amides is 1. The maximum Gasteiger partial charge on any atom is 0.258 e. The number of methoxy groups -OCH3 is 1. The second kappa shape index (κ2) is 9.14. The van der Waals surface area contributed by atoms with Crippen LogP contribution in [-0.2, 0) is 14.6 Å². The van der Waals surface area contributed by atoms with E-state index < -0.39 is 21.8 Å². The first kappa shape index (κ1) is 22.7. The first-order valence-electron chi connectivity index (χ1n) is 10.3. The number of aryl methyl sites for hydroxylation is 1. The molecule has 0 aliphatic carbocycles. The summed E-state index contributed by atoms with van der Waals surface area (Å²) in [6.45, 7) is 1.32. The van der Waals surface area contributed by atoms with Crippen molar-refractivity contribution in [1.82, 2.24) is 5.32 Å². The Labute approximate surface area is 190 Å². The van der Waals surface area contributed by atoms with Gasteiger partial charge in [-0.3, -0.25) is 9.59 Å². The summed E-state index contributed by atoms with van der Waals surface area (Å²) in [5.41, 5.74) is -0.0731. The van der Waals surface area contributed by atoms with Crippen molar-refractivity contribution in [3.63, 3.8) is 0 Å². The molecular formula is C23H23NO8S. The molecule has 3 aromatic rings. The maximum absolute atomic E-state index is 13.0. The number of nitrogens with one attached hydrogen (secondary N) is 1. The molecule has 4 rings (SSSR count). The number of ether oxygens (including phenoxy) is 3. The van der Waals surface area contributed by atoms with Gasteiger partial charge in [-0.05, 0) is 37.6 Å². The molecule has 1 atom stereocenters. The lowest BCUT2D eigenvalue weighted by Crippen LogP contribution is -2.38. The summed E-state index contributed by atoms with van der Waals surface area (Å²) in [7, 11) is -1.57. The van der Waals surface area contributed by atoms with Gasteiger partial charge in [0.15, 0.2) is 27.9 Å². The summed E-state index contributed by atoms with van der Waals surface area (Å²) < 4.78 is 45.4. The predicted molar refractivity (Wildman–Crippen MR) is 121 cm³/mol. The standard InChI is InChI=1S/C23H23NO8S/c1-14-23(32-19-6-4-3-5-18(19)29-2)22(26)17-8-7-16(11-20(17)31-14)30-12-21(25)24-15-9-10-33(27,28)13-15/h3-8,11,15H,9-10,12-13H2,1-2H3,(H,24,25). The van der Waals surface area contributed by atoms with Gasteiger partial charge < -0.3 is 23.9 Å². The molecule has 1 fully saturated rings. The molecule has 9 nitrogen and oxygen atoms in total. The predicted octanol–water partition coefficient (Wildman–Crippen LogP) is 2.58. The van der Waals surface area contributed by atoms with Crippen LogP contribution in [0.3, 0.4) is 0 Å². The van der Waals surface area contributed by atoms with E-state index in [9.17, 15) is 18.0 Å². The maximum atomic E-state index is 13.0. The topological polar surface area (TPSA) is 121 Å². The molecule has 0 spiro atoms. The van der Waals surface area contributed by atoms with Crippen molar-refractivity contribution < 1.29 is 31.8 Å². The molecule has 1 aliphatic heterocycles. The van der Waals surface area contributed by atoms with Crippen molar-refractivity contribution in [2.75, 3.05) is 25.2 Å². The normalized spacial score (nSPS) is 17.0. The quantitative estimate of drug-likeness (QED) is 0.556. The molecule has 0 radical (unpaired) electrons. The van der Waals surface area contributed by atoms with Crippen LogP contribution in [0, 0.1) is 6.92 Å². The van der Waals surface area contributed by atoms with Crippen LogP contribution in [0.2, 0.25) is 0 Å². The van der Waals surface area contributed by atoms with E-state index in [0.717, 1.165) is 0 Å². The van der Waals surface area contributed by atoms with Crippen LogP contribution in [0.4, 0.5) is 0 Å². The molecule has 33 heavy (non-hydrogen) atoms. The number of rotatable bonds is 7. The van der Waals surface area contributed by atoms with E-state index in [2.05, 4.69) is 5.32 Å². The Morgan fingerprint density at radius 2 is 1.94 bits per heavy atom. The Morgan fingerprint density at radius 1 is 1.18 bits per heavy atom. The molecule has 10 heteroatoms. The number of carbonyl (C=O) groups excluding carboxylic acids is 1. The summed E-state index contributed by atoms with van der Waals surface area (Å²) in [5.74, 6) is 1.11. The molecule has 0 saturated carbocycles. The van der Waals surface area contributed by atoms with Gasteiger partial charge in [0.05, 0.1) is 24.0 Å². The Kier molecular flexibility index (Phi) is 6.28. The molecule has 1 N–H and O–H groups in total. The Morgan fingerprint density at radius 3 is 2.64 bits per heavy atom. The Balaban J connectivity index is 1.48. The summed E-state index contributed by atoms with van der Waals surface area (Å²) in [4.78, 5) is 25.1. The fourth-order valence-electron chi connectivity index (χ4n) is 3.62. The lowest BCUT2D eigenvalue weighted by molar-refractivity contribution is -0.123. The van der Waals surface area contributed by atoms with Gasteiger partial charge in [0.1, 0.15) is 17.1 Å². The smallest absolute Gasteiger partial charge is 0.258 e. The zero-order valence-electron chi connectivity index (χ0n) is 18.1. The molecule has 0 bridgehead atoms. The fraction of sp³-hybridized carbons (Fsp3) is 0.304. The lowest BCUT2D eigenvalue weighted by Gasteiger charge is -2.13. The van der Waals surface area contributed by atoms with Crippen molar-refractivity contribution in [2.45, 2.75) is 19.4 Å². The molecule has 1 amide bonds. The monoisotopic (exact) mass is 473 g/mol. The average Bonchev–Trinajstić information content (AvgIpc) is 3.13. The third-order valence-electron chi connectivity index (χ3n) is 5.24. The van der Waals surface area contributed by atoms with Crippen molar-refractivity contribution in [1.29, 1.82) is 0 Å². The Hall–Kier alpha value is -3.53. The van der Waals surface area contributed by atoms with E-state index in [1.807, 2.05) is 0 Å². The van der Waals surface area contributed by atoms with Crippen LogP contribution < -0.4 is 25.0 Å². The molecule has 174 valence electrons. The van der Waals surface area contributed by atoms with Gasteiger partial charge in [-0.15, -0.1) is 0 Å². The first-order valence-corrected chi connectivity index (χ1v) is 12.1. The number of hydrogen-bond acceptors (Lipinski definition) is 8. The highest BCUT2D eigenvalue weighted by Crippen LogP contribution is 2.32. The van der Waals surface area contributed by atoms with Crippen molar-refractivity contribution >= 4 is 26.7 Å². The molecule has 1 saturated heterocycles. The SMILES string of the molecule is COc1ccccc1Oc1c(C)oc2cc(OCC(=O)NC3CCS(=O)(=O)C3)ccc2c1=O. The van der Waals surface area contributed by atoms with Crippen LogP contribution in [-0.4, -0.2) is 45.6 Å². The third kappa shape index (κ3) is 5.11. The van der Waals surface area contributed by atoms with Crippen LogP contribution >= 0.6 is 0 Å².